The van der Waals surface area contributed by atoms with Crippen LogP contribution in [-0.4, -0.2) is 44.5 Å². The van der Waals surface area contributed by atoms with Crippen LogP contribution in [0.4, 0.5) is 10.1 Å². The fourth-order valence-corrected chi connectivity index (χ4v) is 4.95. The van der Waals surface area contributed by atoms with Crippen molar-refractivity contribution in [1.29, 1.82) is 0 Å². The fourth-order valence-electron chi connectivity index (χ4n) is 3.65. The first-order valence-corrected chi connectivity index (χ1v) is 10.9. The predicted molar refractivity (Wildman–Crippen MR) is 109 cm³/mol. The molecule has 1 fully saturated rings. The first-order chi connectivity index (χ1) is 13.3. The molecule has 3 aromatic rings. The Kier molecular flexibility index (Phi) is 4.89. The predicted octanol–water partition coefficient (Wildman–Crippen LogP) is 3.95. The summed E-state index contributed by atoms with van der Waals surface area (Å²) in [5.74, 6) is -0.393. The highest BCUT2D eigenvalue weighted by atomic mass is 32.2. The van der Waals surface area contributed by atoms with Gasteiger partial charge in [0.05, 0.1) is 4.90 Å². The Morgan fingerprint density at radius 2 is 1.86 bits per heavy atom. The molecular weight excluding hydrogens is 377 g/mol. The van der Waals surface area contributed by atoms with Gasteiger partial charge in [-0.25, -0.2) is 12.8 Å². The number of aryl methyl sites for hydroxylation is 1. The summed E-state index contributed by atoms with van der Waals surface area (Å²) in [7, 11) is -1.62. The minimum atomic E-state index is -3.73. The van der Waals surface area contributed by atoms with Crippen molar-refractivity contribution in [3.05, 3.63) is 53.8 Å². The third-order valence-corrected chi connectivity index (χ3v) is 7.12. The van der Waals surface area contributed by atoms with E-state index in [-0.39, 0.29) is 9.92 Å². The number of piperidine rings is 1. The van der Waals surface area contributed by atoms with Crippen molar-refractivity contribution in [2.24, 2.45) is 0 Å². The van der Waals surface area contributed by atoms with Crippen LogP contribution in [0.3, 0.4) is 0 Å². The quantitative estimate of drug-likeness (QED) is 0.695. The number of fused-ring (bicyclic) bond motifs is 1. The molecule has 0 aliphatic carbocycles. The molecule has 1 aromatic heterocycles. The van der Waals surface area contributed by atoms with Crippen LogP contribution in [0.25, 0.3) is 10.9 Å². The molecule has 2 N–H and O–H groups in total. The molecule has 0 radical (unpaired) electrons. The maximum atomic E-state index is 13.4. The summed E-state index contributed by atoms with van der Waals surface area (Å²) in [6.07, 6.45) is 2.06. The van der Waals surface area contributed by atoms with Gasteiger partial charge < -0.3 is 15.2 Å². The van der Waals surface area contributed by atoms with Crippen molar-refractivity contribution in [3.63, 3.8) is 0 Å². The standard InChI is InChI=1S/C21H24FN3O2S/c1-14-3-5-18(13-20(14)23-17-7-9-25(2)10-8-17)28(26,27)21-12-15-11-16(22)4-6-19(15)24-21/h3-6,11-13,17,23-24H,7-10H2,1-2H3. The number of likely N-dealkylation sites (tertiary alicyclic amines) is 1. The molecule has 0 saturated carbocycles. The lowest BCUT2D eigenvalue weighted by Gasteiger charge is -2.30. The molecule has 148 valence electrons. The number of nitrogens with one attached hydrogen (secondary N) is 2. The van der Waals surface area contributed by atoms with E-state index in [4.69, 9.17) is 0 Å². The Morgan fingerprint density at radius 1 is 1.11 bits per heavy atom. The van der Waals surface area contributed by atoms with Crippen LogP contribution < -0.4 is 5.32 Å². The summed E-state index contributed by atoms with van der Waals surface area (Å²) in [6.45, 7) is 4.03. The Morgan fingerprint density at radius 3 is 2.61 bits per heavy atom. The van der Waals surface area contributed by atoms with E-state index >= 15 is 0 Å². The van der Waals surface area contributed by atoms with Gasteiger partial charge in [0, 0.05) is 22.6 Å². The van der Waals surface area contributed by atoms with E-state index in [1.54, 1.807) is 18.2 Å². The summed E-state index contributed by atoms with van der Waals surface area (Å²) in [6, 6.07) is 11.2. The van der Waals surface area contributed by atoms with E-state index in [2.05, 4.69) is 22.2 Å². The van der Waals surface area contributed by atoms with Gasteiger partial charge in [-0.1, -0.05) is 6.07 Å². The van der Waals surface area contributed by atoms with Crippen LogP contribution in [0.5, 0.6) is 0 Å². The number of hydrogen-bond donors (Lipinski definition) is 2. The number of aromatic amines is 1. The molecule has 0 bridgehead atoms. The van der Waals surface area contributed by atoms with Gasteiger partial charge in [-0.15, -0.1) is 0 Å². The van der Waals surface area contributed by atoms with E-state index in [1.165, 1.54) is 18.2 Å². The molecule has 2 heterocycles. The van der Waals surface area contributed by atoms with Crippen LogP contribution >= 0.6 is 0 Å². The molecule has 4 rings (SSSR count). The Balaban J connectivity index is 1.65. The molecule has 7 heteroatoms. The zero-order valence-electron chi connectivity index (χ0n) is 16.0. The number of halogens is 1. The average Bonchev–Trinajstić information content (AvgIpc) is 3.09. The lowest BCUT2D eigenvalue weighted by Crippen LogP contribution is -2.36. The molecule has 1 aliphatic rings. The number of aromatic nitrogens is 1. The highest BCUT2D eigenvalue weighted by Crippen LogP contribution is 2.29. The topological polar surface area (TPSA) is 65.2 Å². The lowest BCUT2D eigenvalue weighted by molar-refractivity contribution is 0.264. The maximum absolute atomic E-state index is 13.4. The lowest BCUT2D eigenvalue weighted by atomic mass is 10.0. The second-order valence-electron chi connectivity index (χ2n) is 7.57. The third kappa shape index (κ3) is 3.64. The summed E-state index contributed by atoms with van der Waals surface area (Å²) < 4.78 is 39.7. The van der Waals surface area contributed by atoms with Crippen molar-refractivity contribution in [3.8, 4) is 0 Å². The molecule has 0 amide bonds. The SMILES string of the molecule is Cc1ccc(S(=O)(=O)c2cc3cc(F)ccc3[nH]2)cc1NC1CCN(C)CC1. The van der Waals surface area contributed by atoms with E-state index < -0.39 is 15.7 Å². The number of benzene rings is 2. The summed E-state index contributed by atoms with van der Waals surface area (Å²) in [5.41, 5.74) is 2.45. The van der Waals surface area contributed by atoms with Crippen molar-refractivity contribution in [1.82, 2.24) is 9.88 Å². The second kappa shape index (κ2) is 7.22. The normalized spacial score (nSPS) is 16.5. The smallest absolute Gasteiger partial charge is 0.221 e. The second-order valence-corrected chi connectivity index (χ2v) is 9.49. The Hall–Kier alpha value is -2.38. The van der Waals surface area contributed by atoms with Crippen molar-refractivity contribution in [2.75, 3.05) is 25.5 Å². The maximum Gasteiger partial charge on any atom is 0.221 e. The van der Waals surface area contributed by atoms with Crippen molar-refractivity contribution >= 4 is 26.4 Å². The molecular formula is C21H24FN3O2S. The van der Waals surface area contributed by atoms with Crippen LogP contribution in [0.15, 0.2) is 52.4 Å². The van der Waals surface area contributed by atoms with E-state index in [0.717, 1.165) is 37.2 Å². The van der Waals surface area contributed by atoms with Crippen molar-refractivity contribution in [2.45, 2.75) is 35.7 Å². The van der Waals surface area contributed by atoms with Gasteiger partial charge in [-0.3, -0.25) is 0 Å². The average molecular weight is 402 g/mol. The van der Waals surface area contributed by atoms with Gasteiger partial charge >= 0.3 is 0 Å². The van der Waals surface area contributed by atoms with Crippen LogP contribution in [0.2, 0.25) is 0 Å². The number of hydrogen-bond acceptors (Lipinski definition) is 4. The number of sulfone groups is 1. The minimum Gasteiger partial charge on any atom is -0.382 e. The van der Waals surface area contributed by atoms with Crippen molar-refractivity contribution < 1.29 is 12.8 Å². The van der Waals surface area contributed by atoms with E-state index in [0.29, 0.717) is 16.9 Å². The minimum absolute atomic E-state index is 0.0715. The summed E-state index contributed by atoms with van der Waals surface area (Å²) in [5, 5.41) is 4.13. The molecule has 5 nitrogen and oxygen atoms in total. The summed E-state index contributed by atoms with van der Waals surface area (Å²) in [4.78, 5) is 5.42. The first-order valence-electron chi connectivity index (χ1n) is 9.42. The molecule has 0 atom stereocenters. The highest BCUT2D eigenvalue weighted by molar-refractivity contribution is 7.91. The molecule has 0 spiro atoms. The number of anilines is 1. The zero-order chi connectivity index (χ0) is 19.9. The van der Waals surface area contributed by atoms with E-state index in [1.807, 2.05) is 13.0 Å². The fraction of sp³-hybridized carbons (Fsp3) is 0.333. The van der Waals surface area contributed by atoms with Crippen LogP contribution in [0.1, 0.15) is 18.4 Å². The zero-order valence-corrected chi connectivity index (χ0v) is 16.8. The van der Waals surface area contributed by atoms with Gasteiger partial charge in [0.15, 0.2) is 0 Å². The van der Waals surface area contributed by atoms with Gasteiger partial charge in [0.2, 0.25) is 9.84 Å². The third-order valence-electron chi connectivity index (χ3n) is 5.45. The van der Waals surface area contributed by atoms with Gasteiger partial charge in [0.1, 0.15) is 10.8 Å². The Bertz CT molecular complexity index is 1120. The largest absolute Gasteiger partial charge is 0.382 e. The number of H-pyrrole nitrogens is 1. The molecule has 28 heavy (non-hydrogen) atoms. The molecule has 2 aromatic carbocycles. The van der Waals surface area contributed by atoms with Crippen LogP contribution in [0, 0.1) is 12.7 Å². The summed E-state index contributed by atoms with van der Waals surface area (Å²) >= 11 is 0. The van der Waals surface area contributed by atoms with Gasteiger partial charge in [-0.2, -0.15) is 0 Å². The first kappa shape index (κ1) is 19.0. The molecule has 1 aliphatic heterocycles. The molecule has 1 saturated heterocycles. The highest BCUT2D eigenvalue weighted by Gasteiger charge is 2.22. The number of rotatable bonds is 4. The van der Waals surface area contributed by atoms with Gasteiger partial charge in [0.25, 0.3) is 0 Å². The monoisotopic (exact) mass is 401 g/mol. The van der Waals surface area contributed by atoms with E-state index in [9.17, 15) is 12.8 Å². The van der Waals surface area contributed by atoms with Gasteiger partial charge in [-0.05, 0) is 81.9 Å². The molecule has 0 unspecified atom stereocenters. The number of nitrogens with zero attached hydrogens (tertiary/aromatic N) is 1. The Labute approximate surface area is 164 Å². The van der Waals surface area contributed by atoms with Crippen LogP contribution in [-0.2, 0) is 9.84 Å².